The minimum atomic E-state index is -1.17. The molecule has 0 spiro atoms. The first kappa shape index (κ1) is 18.1. The average Bonchev–Trinajstić information content (AvgIpc) is 2.53. The van der Waals surface area contributed by atoms with Gasteiger partial charge in [-0.3, -0.25) is 0 Å². The zero-order valence-electron chi connectivity index (χ0n) is 13.5. The summed E-state index contributed by atoms with van der Waals surface area (Å²) >= 11 is 0. The Hall–Kier alpha value is -0.910. The number of unbranched alkanes of at least 4 members (excludes halogenated alkanes) is 2. The summed E-state index contributed by atoms with van der Waals surface area (Å²) in [5.74, 6) is 0. The van der Waals surface area contributed by atoms with Gasteiger partial charge in [0.25, 0.3) is 0 Å². The third-order valence-corrected chi connectivity index (χ3v) is 4.55. The largest absolute Gasteiger partial charge is 0.371 e. The SMILES string of the molecule is CCCCN(CCCC)c1cc(CN)cc(S(=O)NC)c1. The molecule has 0 heterocycles. The second-order valence-corrected chi connectivity index (χ2v) is 6.62. The number of anilines is 1. The van der Waals surface area contributed by atoms with Gasteiger partial charge in [0.05, 0.1) is 4.90 Å². The Bertz CT molecular complexity index is 443. The van der Waals surface area contributed by atoms with E-state index in [4.69, 9.17) is 5.73 Å². The summed E-state index contributed by atoms with van der Waals surface area (Å²) in [6, 6.07) is 6.08. The van der Waals surface area contributed by atoms with Crippen molar-refractivity contribution in [1.29, 1.82) is 0 Å². The summed E-state index contributed by atoms with van der Waals surface area (Å²) in [6.07, 6.45) is 4.69. The van der Waals surface area contributed by atoms with Gasteiger partial charge >= 0.3 is 0 Å². The molecular formula is C16H29N3OS. The molecule has 0 bridgehead atoms. The first-order valence-electron chi connectivity index (χ1n) is 7.84. The normalized spacial score (nSPS) is 12.4. The molecule has 1 aromatic rings. The van der Waals surface area contributed by atoms with Crippen LogP contribution in [-0.2, 0) is 17.5 Å². The van der Waals surface area contributed by atoms with Gasteiger partial charge in [0.15, 0.2) is 0 Å². The Balaban J connectivity index is 3.06. The molecule has 0 aliphatic rings. The number of nitrogens with two attached hydrogens (primary N) is 1. The Labute approximate surface area is 131 Å². The molecule has 5 heteroatoms. The van der Waals surface area contributed by atoms with Crippen LogP contribution in [0.5, 0.6) is 0 Å². The molecule has 1 unspecified atom stereocenters. The summed E-state index contributed by atoms with van der Waals surface area (Å²) in [7, 11) is 0.532. The molecule has 1 atom stereocenters. The molecule has 0 aliphatic carbocycles. The van der Waals surface area contributed by atoms with Gasteiger partial charge in [-0.2, -0.15) is 0 Å². The summed E-state index contributed by atoms with van der Waals surface area (Å²) in [4.78, 5) is 3.19. The average molecular weight is 311 g/mol. The highest BCUT2D eigenvalue weighted by molar-refractivity contribution is 7.83. The summed E-state index contributed by atoms with van der Waals surface area (Å²) in [6.45, 7) is 6.95. The van der Waals surface area contributed by atoms with E-state index >= 15 is 0 Å². The standard InChI is InChI=1S/C16H29N3OS/c1-4-6-8-19(9-7-5-2)15-10-14(13-17)11-16(12-15)21(20)18-3/h10-12,18H,4-9,13,17H2,1-3H3. The van der Waals surface area contributed by atoms with Crippen LogP contribution in [0.25, 0.3) is 0 Å². The molecule has 0 saturated carbocycles. The molecule has 0 saturated heterocycles. The Kier molecular flexibility index (Phi) is 8.57. The van der Waals surface area contributed by atoms with E-state index < -0.39 is 11.0 Å². The van der Waals surface area contributed by atoms with Crippen LogP contribution in [-0.4, -0.2) is 24.3 Å². The van der Waals surface area contributed by atoms with Crippen molar-refractivity contribution >= 4 is 16.7 Å². The maximum atomic E-state index is 12.0. The summed E-state index contributed by atoms with van der Waals surface area (Å²) in [5.41, 5.74) is 7.96. The predicted octanol–water partition coefficient (Wildman–Crippen LogP) is 2.79. The quantitative estimate of drug-likeness (QED) is 0.698. The van der Waals surface area contributed by atoms with E-state index in [1.54, 1.807) is 7.05 Å². The zero-order chi connectivity index (χ0) is 15.7. The molecule has 3 N–H and O–H groups in total. The molecule has 1 rings (SSSR count). The minimum absolute atomic E-state index is 0.469. The van der Waals surface area contributed by atoms with Gasteiger partial charge in [0.1, 0.15) is 11.0 Å². The van der Waals surface area contributed by atoms with Crippen LogP contribution >= 0.6 is 0 Å². The number of hydrogen-bond acceptors (Lipinski definition) is 3. The van der Waals surface area contributed by atoms with Crippen molar-refractivity contribution in [3.8, 4) is 0 Å². The third kappa shape index (κ3) is 5.77. The van der Waals surface area contributed by atoms with E-state index in [2.05, 4.69) is 29.5 Å². The van der Waals surface area contributed by atoms with E-state index in [1.165, 1.54) is 25.7 Å². The highest BCUT2D eigenvalue weighted by Gasteiger charge is 2.11. The topological polar surface area (TPSA) is 58.4 Å². The van der Waals surface area contributed by atoms with Gasteiger partial charge in [-0.15, -0.1) is 0 Å². The van der Waals surface area contributed by atoms with Crippen LogP contribution in [0.1, 0.15) is 45.1 Å². The Morgan fingerprint density at radius 2 is 1.76 bits per heavy atom. The molecule has 21 heavy (non-hydrogen) atoms. The van der Waals surface area contributed by atoms with Crippen molar-refractivity contribution in [3.63, 3.8) is 0 Å². The van der Waals surface area contributed by atoms with Crippen LogP contribution in [0, 0.1) is 0 Å². The van der Waals surface area contributed by atoms with Crippen LogP contribution in [0.4, 0.5) is 5.69 Å². The van der Waals surface area contributed by atoms with Crippen LogP contribution < -0.4 is 15.4 Å². The highest BCUT2D eigenvalue weighted by Crippen LogP contribution is 2.22. The number of nitrogens with zero attached hydrogens (tertiary/aromatic N) is 1. The molecule has 0 radical (unpaired) electrons. The lowest BCUT2D eigenvalue weighted by Gasteiger charge is -2.26. The van der Waals surface area contributed by atoms with Gasteiger partial charge in [-0.05, 0) is 43.7 Å². The fourth-order valence-electron chi connectivity index (χ4n) is 2.24. The van der Waals surface area contributed by atoms with E-state index in [0.29, 0.717) is 6.54 Å². The first-order valence-corrected chi connectivity index (χ1v) is 8.99. The van der Waals surface area contributed by atoms with Crippen molar-refractivity contribution in [2.45, 2.75) is 51.0 Å². The molecule has 0 fully saturated rings. The monoisotopic (exact) mass is 311 g/mol. The molecule has 120 valence electrons. The van der Waals surface area contributed by atoms with Crippen molar-refractivity contribution in [3.05, 3.63) is 23.8 Å². The maximum absolute atomic E-state index is 12.0. The van der Waals surface area contributed by atoms with Crippen molar-refractivity contribution in [1.82, 2.24) is 4.72 Å². The smallest absolute Gasteiger partial charge is 0.124 e. The second kappa shape index (κ2) is 9.92. The molecular weight excluding hydrogens is 282 g/mol. The van der Waals surface area contributed by atoms with Crippen molar-refractivity contribution in [2.24, 2.45) is 5.73 Å². The lowest BCUT2D eigenvalue weighted by molar-refractivity contribution is 0.673. The maximum Gasteiger partial charge on any atom is 0.124 e. The van der Waals surface area contributed by atoms with E-state index in [1.807, 2.05) is 12.1 Å². The summed E-state index contributed by atoms with van der Waals surface area (Å²) < 4.78 is 14.8. The lowest BCUT2D eigenvalue weighted by atomic mass is 10.1. The molecule has 0 aliphatic heterocycles. The number of benzene rings is 1. The molecule has 4 nitrogen and oxygen atoms in total. The number of nitrogens with one attached hydrogen (secondary N) is 1. The van der Waals surface area contributed by atoms with Gasteiger partial charge < -0.3 is 10.6 Å². The molecule has 1 aromatic carbocycles. The van der Waals surface area contributed by atoms with Crippen molar-refractivity contribution in [2.75, 3.05) is 25.0 Å². The van der Waals surface area contributed by atoms with Gasteiger partial charge in [0, 0.05) is 25.3 Å². The lowest BCUT2D eigenvalue weighted by Crippen LogP contribution is -2.26. The fourth-order valence-corrected chi connectivity index (χ4v) is 2.96. The number of hydrogen-bond donors (Lipinski definition) is 2. The second-order valence-electron chi connectivity index (χ2n) is 5.21. The minimum Gasteiger partial charge on any atom is -0.371 e. The van der Waals surface area contributed by atoms with E-state index in [-0.39, 0.29) is 0 Å². The van der Waals surface area contributed by atoms with Crippen LogP contribution in [0.2, 0.25) is 0 Å². The third-order valence-electron chi connectivity index (χ3n) is 3.51. The van der Waals surface area contributed by atoms with Gasteiger partial charge in [0.2, 0.25) is 0 Å². The number of rotatable bonds is 10. The Morgan fingerprint density at radius 1 is 1.14 bits per heavy atom. The Morgan fingerprint density at radius 3 is 2.24 bits per heavy atom. The van der Waals surface area contributed by atoms with Crippen LogP contribution in [0.15, 0.2) is 23.1 Å². The predicted molar refractivity (Wildman–Crippen MR) is 91.8 cm³/mol. The van der Waals surface area contributed by atoms with Gasteiger partial charge in [-0.1, -0.05) is 26.7 Å². The van der Waals surface area contributed by atoms with Gasteiger partial charge in [-0.25, -0.2) is 8.93 Å². The van der Waals surface area contributed by atoms with Crippen molar-refractivity contribution < 1.29 is 4.21 Å². The van der Waals surface area contributed by atoms with Crippen LogP contribution in [0.3, 0.4) is 0 Å². The molecule has 0 aromatic heterocycles. The highest BCUT2D eigenvalue weighted by atomic mass is 32.2. The zero-order valence-corrected chi connectivity index (χ0v) is 14.3. The van der Waals surface area contributed by atoms with E-state index in [9.17, 15) is 4.21 Å². The first-order chi connectivity index (χ1) is 10.2. The molecule has 0 amide bonds. The van der Waals surface area contributed by atoms with E-state index in [0.717, 1.165) is 29.2 Å². The fraction of sp³-hybridized carbons (Fsp3) is 0.625. The summed E-state index contributed by atoms with van der Waals surface area (Å²) in [5, 5.41) is 0.